The summed E-state index contributed by atoms with van der Waals surface area (Å²) in [6.45, 7) is 6.41. The van der Waals surface area contributed by atoms with E-state index in [2.05, 4.69) is 57.8 Å². The molecule has 6 heteroatoms. The zero-order valence-electron chi connectivity index (χ0n) is 11.9. The lowest BCUT2D eigenvalue weighted by atomic mass is 9.89. The first-order valence-corrected chi connectivity index (χ1v) is 8.02. The molecule has 4 nitrogen and oxygen atoms in total. The number of nitrogens with zero attached hydrogens (tertiary/aromatic N) is 2. The van der Waals surface area contributed by atoms with E-state index in [1.807, 2.05) is 18.2 Å². The van der Waals surface area contributed by atoms with Gasteiger partial charge in [-0.1, -0.05) is 59.4 Å². The molecule has 0 saturated heterocycles. The van der Waals surface area contributed by atoms with Crippen molar-refractivity contribution < 1.29 is 0 Å². The van der Waals surface area contributed by atoms with E-state index in [0.29, 0.717) is 0 Å². The van der Waals surface area contributed by atoms with Crippen LogP contribution in [0.2, 0.25) is 0 Å². The SMILES string of the molecule is CC(C)(C)c1nnsc1C(Cc1ccccc1Br)NN. The van der Waals surface area contributed by atoms with Crippen molar-refractivity contribution >= 4 is 27.5 Å². The molecule has 1 atom stereocenters. The zero-order valence-corrected chi connectivity index (χ0v) is 14.3. The Labute approximate surface area is 132 Å². The maximum atomic E-state index is 5.76. The first kappa shape index (κ1) is 15.6. The Morgan fingerprint density at radius 3 is 2.65 bits per heavy atom. The molecule has 0 spiro atoms. The molecule has 1 heterocycles. The highest BCUT2D eigenvalue weighted by Gasteiger charge is 2.27. The largest absolute Gasteiger partial charge is 0.271 e. The Kier molecular flexibility index (Phi) is 4.90. The van der Waals surface area contributed by atoms with Crippen molar-refractivity contribution in [2.45, 2.75) is 38.6 Å². The monoisotopic (exact) mass is 354 g/mol. The van der Waals surface area contributed by atoms with Crippen LogP contribution in [-0.4, -0.2) is 9.59 Å². The second-order valence-corrected chi connectivity index (χ2v) is 7.39. The molecular weight excluding hydrogens is 336 g/mol. The van der Waals surface area contributed by atoms with Gasteiger partial charge in [0.25, 0.3) is 0 Å². The summed E-state index contributed by atoms with van der Waals surface area (Å²) >= 11 is 4.99. The molecule has 0 aliphatic heterocycles. The van der Waals surface area contributed by atoms with Crippen molar-refractivity contribution in [1.82, 2.24) is 15.0 Å². The van der Waals surface area contributed by atoms with Crippen LogP contribution in [0.3, 0.4) is 0 Å². The lowest BCUT2D eigenvalue weighted by molar-refractivity contribution is 0.515. The molecule has 2 aromatic rings. The average molecular weight is 355 g/mol. The normalized spacial score (nSPS) is 13.4. The number of rotatable bonds is 4. The summed E-state index contributed by atoms with van der Waals surface area (Å²) in [5, 5.41) is 4.28. The van der Waals surface area contributed by atoms with Crippen LogP contribution in [0.15, 0.2) is 28.7 Å². The molecule has 108 valence electrons. The molecule has 0 radical (unpaired) electrons. The van der Waals surface area contributed by atoms with Gasteiger partial charge in [-0.15, -0.1) is 5.10 Å². The Morgan fingerprint density at radius 1 is 1.35 bits per heavy atom. The minimum atomic E-state index is -0.0364. The first-order valence-electron chi connectivity index (χ1n) is 6.45. The molecule has 1 aromatic heterocycles. The maximum absolute atomic E-state index is 5.76. The van der Waals surface area contributed by atoms with Crippen molar-refractivity contribution in [2.75, 3.05) is 0 Å². The lowest BCUT2D eigenvalue weighted by Crippen LogP contribution is -2.31. The summed E-state index contributed by atoms with van der Waals surface area (Å²) in [5.41, 5.74) is 5.09. The van der Waals surface area contributed by atoms with Crippen molar-refractivity contribution in [1.29, 1.82) is 0 Å². The van der Waals surface area contributed by atoms with Crippen molar-refractivity contribution in [3.05, 3.63) is 44.9 Å². The van der Waals surface area contributed by atoms with Crippen LogP contribution in [0.1, 0.15) is 42.9 Å². The van der Waals surface area contributed by atoms with Gasteiger partial charge in [0.05, 0.1) is 16.6 Å². The molecule has 1 aromatic carbocycles. The van der Waals surface area contributed by atoms with E-state index in [1.54, 1.807) is 0 Å². The zero-order chi connectivity index (χ0) is 14.8. The van der Waals surface area contributed by atoms with Crippen LogP contribution >= 0.6 is 27.5 Å². The number of hydrazine groups is 1. The third-order valence-electron chi connectivity index (χ3n) is 3.12. The summed E-state index contributed by atoms with van der Waals surface area (Å²) in [4.78, 5) is 1.11. The van der Waals surface area contributed by atoms with E-state index in [1.165, 1.54) is 17.1 Å². The summed E-state index contributed by atoms with van der Waals surface area (Å²) in [7, 11) is 0. The van der Waals surface area contributed by atoms with Crippen molar-refractivity contribution in [2.24, 2.45) is 5.84 Å². The molecule has 0 bridgehead atoms. The summed E-state index contributed by atoms with van der Waals surface area (Å²) in [6, 6.07) is 8.19. The van der Waals surface area contributed by atoms with E-state index < -0.39 is 0 Å². The summed E-state index contributed by atoms with van der Waals surface area (Å²) in [5.74, 6) is 5.76. The molecule has 0 saturated carbocycles. The number of nitrogens with two attached hydrogens (primary N) is 1. The number of halogens is 1. The fourth-order valence-electron chi connectivity index (χ4n) is 2.06. The van der Waals surface area contributed by atoms with Gasteiger partial charge in [0.15, 0.2) is 0 Å². The molecule has 2 rings (SSSR count). The fourth-order valence-corrected chi connectivity index (χ4v) is 3.43. The van der Waals surface area contributed by atoms with E-state index in [0.717, 1.165) is 21.5 Å². The second kappa shape index (κ2) is 6.30. The number of hydrogen-bond acceptors (Lipinski definition) is 5. The van der Waals surface area contributed by atoms with Crippen LogP contribution in [-0.2, 0) is 11.8 Å². The number of aromatic nitrogens is 2. The van der Waals surface area contributed by atoms with E-state index in [-0.39, 0.29) is 11.5 Å². The van der Waals surface area contributed by atoms with Gasteiger partial charge in [0.1, 0.15) is 0 Å². The third kappa shape index (κ3) is 3.44. The Bertz CT molecular complexity index is 577. The van der Waals surface area contributed by atoms with Gasteiger partial charge in [-0.2, -0.15) is 0 Å². The second-order valence-electron chi connectivity index (χ2n) is 5.75. The highest BCUT2D eigenvalue weighted by Crippen LogP contribution is 2.32. The number of nitrogens with one attached hydrogen (secondary N) is 1. The molecule has 20 heavy (non-hydrogen) atoms. The topological polar surface area (TPSA) is 63.8 Å². The van der Waals surface area contributed by atoms with Gasteiger partial charge in [-0.25, -0.2) is 0 Å². The Hall–Kier alpha value is -0.820. The number of hydrogen-bond donors (Lipinski definition) is 2. The van der Waals surface area contributed by atoms with Crippen LogP contribution in [0.5, 0.6) is 0 Å². The first-order chi connectivity index (χ1) is 9.43. The van der Waals surface area contributed by atoms with Crippen molar-refractivity contribution in [3.8, 4) is 0 Å². The Morgan fingerprint density at radius 2 is 2.05 bits per heavy atom. The van der Waals surface area contributed by atoms with E-state index >= 15 is 0 Å². The van der Waals surface area contributed by atoms with Gasteiger partial charge in [0.2, 0.25) is 0 Å². The highest BCUT2D eigenvalue weighted by molar-refractivity contribution is 9.10. The van der Waals surface area contributed by atoms with Crippen LogP contribution in [0.4, 0.5) is 0 Å². The van der Waals surface area contributed by atoms with Crippen molar-refractivity contribution in [3.63, 3.8) is 0 Å². The molecule has 0 fully saturated rings. The van der Waals surface area contributed by atoms with E-state index in [4.69, 9.17) is 5.84 Å². The Balaban J connectivity index is 2.30. The van der Waals surface area contributed by atoms with Gasteiger partial charge < -0.3 is 0 Å². The molecule has 0 aliphatic carbocycles. The predicted molar refractivity (Wildman–Crippen MR) is 86.5 cm³/mol. The minimum absolute atomic E-state index is 0.0166. The van der Waals surface area contributed by atoms with Gasteiger partial charge in [0, 0.05) is 9.89 Å². The van der Waals surface area contributed by atoms with Gasteiger partial charge in [-0.3, -0.25) is 11.3 Å². The quantitative estimate of drug-likeness (QED) is 0.652. The number of benzene rings is 1. The molecule has 3 N–H and O–H groups in total. The molecule has 0 amide bonds. The lowest BCUT2D eigenvalue weighted by Gasteiger charge is -2.21. The fraction of sp³-hybridized carbons (Fsp3) is 0.429. The molecule has 0 aliphatic rings. The predicted octanol–water partition coefficient (Wildman–Crippen LogP) is 3.35. The molecule has 1 unspecified atom stereocenters. The van der Waals surface area contributed by atoms with Crippen LogP contribution in [0, 0.1) is 0 Å². The highest BCUT2D eigenvalue weighted by atomic mass is 79.9. The third-order valence-corrected chi connectivity index (χ3v) is 4.73. The van der Waals surface area contributed by atoms with Crippen LogP contribution in [0.25, 0.3) is 0 Å². The average Bonchev–Trinajstić information content (AvgIpc) is 2.87. The molecular formula is C14H19BrN4S. The standard InChI is InChI=1S/C14H19BrN4S/c1-14(2,3)13-12(20-19-18-13)11(17-16)8-9-6-4-5-7-10(9)15/h4-7,11,17H,8,16H2,1-3H3. The van der Waals surface area contributed by atoms with E-state index in [9.17, 15) is 0 Å². The van der Waals surface area contributed by atoms with Crippen LogP contribution < -0.4 is 11.3 Å². The summed E-state index contributed by atoms with van der Waals surface area (Å²) < 4.78 is 5.20. The summed E-state index contributed by atoms with van der Waals surface area (Å²) in [6.07, 6.45) is 0.797. The maximum Gasteiger partial charge on any atom is 0.0857 e. The van der Waals surface area contributed by atoms with Gasteiger partial charge in [-0.05, 0) is 29.6 Å². The smallest absolute Gasteiger partial charge is 0.0857 e. The minimum Gasteiger partial charge on any atom is -0.271 e. The van der Waals surface area contributed by atoms with Gasteiger partial charge >= 0.3 is 0 Å².